The van der Waals surface area contributed by atoms with Crippen LogP contribution in [0, 0.1) is 5.92 Å². The van der Waals surface area contributed by atoms with Crippen LogP contribution < -0.4 is 10.1 Å². The largest absolute Gasteiger partial charge is 0.497 e. The van der Waals surface area contributed by atoms with Gasteiger partial charge in [0.05, 0.1) is 24.0 Å². The second kappa shape index (κ2) is 7.43. The normalized spacial score (nSPS) is 20.2. The molecule has 5 rings (SSSR count). The van der Waals surface area contributed by atoms with Crippen LogP contribution in [0.15, 0.2) is 36.5 Å². The summed E-state index contributed by atoms with van der Waals surface area (Å²) in [4.78, 5) is 14.9. The molecule has 1 aliphatic carbocycles. The number of anilines is 1. The Bertz CT molecular complexity index is 889. The smallest absolute Gasteiger partial charge is 0.222 e. The quantitative estimate of drug-likeness (QED) is 0.819. The van der Waals surface area contributed by atoms with Crippen LogP contribution in [0.25, 0.3) is 5.69 Å². The zero-order chi connectivity index (χ0) is 19.8. The van der Waals surface area contributed by atoms with Crippen molar-refractivity contribution >= 4 is 11.6 Å². The van der Waals surface area contributed by atoms with E-state index in [1.165, 1.54) is 31.4 Å². The van der Waals surface area contributed by atoms with E-state index in [9.17, 15) is 4.79 Å². The van der Waals surface area contributed by atoms with Gasteiger partial charge in [-0.1, -0.05) is 25.7 Å². The maximum atomic E-state index is 12.8. The van der Waals surface area contributed by atoms with E-state index in [4.69, 9.17) is 4.74 Å². The lowest BCUT2D eigenvalue weighted by Gasteiger charge is -2.46. The molecule has 5 heteroatoms. The first-order chi connectivity index (χ1) is 14.2. The Morgan fingerprint density at radius 2 is 2.00 bits per heavy atom. The highest BCUT2D eigenvalue weighted by atomic mass is 16.5. The Balaban J connectivity index is 1.30. The average Bonchev–Trinajstić information content (AvgIpc) is 3.45. The summed E-state index contributed by atoms with van der Waals surface area (Å²) in [5, 5.41) is 3.83. The predicted octanol–water partition coefficient (Wildman–Crippen LogP) is 4.70. The first-order valence-electron chi connectivity index (χ1n) is 11.1. The molecule has 2 aromatic rings. The number of nitrogens with one attached hydrogen (secondary N) is 1. The van der Waals surface area contributed by atoms with Gasteiger partial charge in [0.1, 0.15) is 5.75 Å². The van der Waals surface area contributed by atoms with Crippen LogP contribution in [0.3, 0.4) is 0 Å². The Kier molecular flexibility index (Phi) is 4.76. The number of carbonyl (C=O) groups is 1. The van der Waals surface area contributed by atoms with Gasteiger partial charge in [-0.2, -0.15) is 0 Å². The minimum atomic E-state index is -0.120. The van der Waals surface area contributed by atoms with Gasteiger partial charge >= 0.3 is 0 Å². The summed E-state index contributed by atoms with van der Waals surface area (Å²) in [7, 11) is 1.71. The maximum absolute atomic E-state index is 12.8. The molecule has 1 saturated heterocycles. The van der Waals surface area contributed by atoms with E-state index in [1.807, 2.05) is 6.07 Å². The Labute approximate surface area is 173 Å². The maximum Gasteiger partial charge on any atom is 0.222 e. The molecule has 1 aromatic carbocycles. The van der Waals surface area contributed by atoms with Crippen molar-refractivity contribution in [3.63, 3.8) is 0 Å². The van der Waals surface area contributed by atoms with Crippen LogP contribution in [-0.2, 0) is 10.3 Å². The van der Waals surface area contributed by atoms with Crippen molar-refractivity contribution in [1.29, 1.82) is 0 Å². The zero-order valence-corrected chi connectivity index (χ0v) is 17.3. The molecule has 3 aliphatic rings. The highest BCUT2D eigenvalue weighted by Crippen LogP contribution is 2.44. The molecular formula is C24H31N3O2. The minimum Gasteiger partial charge on any atom is -0.497 e. The lowest BCUT2D eigenvalue weighted by atomic mass is 9.82. The number of piperidine rings is 1. The summed E-state index contributed by atoms with van der Waals surface area (Å²) in [6.45, 7) is 1.64. The molecule has 3 heterocycles. The molecule has 1 aromatic heterocycles. The van der Waals surface area contributed by atoms with Gasteiger partial charge in [-0.05, 0) is 49.4 Å². The van der Waals surface area contributed by atoms with E-state index in [0.717, 1.165) is 61.8 Å². The number of aromatic nitrogens is 1. The molecule has 0 bridgehead atoms. The third kappa shape index (κ3) is 3.30. The van der Waals surface area contributed by atoms with Crippen molar-refractivity contribution in [3.05, 3.63) is 42.2 Å². The van der Waals surface area contributed by atoms with Gasteiger partial charge in [0.25, 0.3) is 0 Å². The van der Waals surface area contributed by atoms with Crippen molar-refractivity contribution in [3.8, 4) is 11.4 Å². The van der Waals surface area contributed by atoms with Crippen molar-refractivity contribution in [2.75, 3.05) is 25.5 Å². The number of hydrogen-bond donors (Lipinski definition) is 1. The summed E-state index contributed by atoms with van der Waals surface area (Å²) in [6.07, 6.45) is 11.1. The Hall–Kier alpha value is -2.43. The van der Waals surface area contributed by atoms with Gasteiger partial charge in [0.2, 0.25) is 5.91 Å². The van der Waals surface area contributed by atoms with E-state index in [0.29, 0.717) is 5.91 Å². The third-order valence-corrected chi connectivity index (χ3v) is 7.29. The standard InChI is InChI=1S/C24H31N3O2/c1-29-19-9-10-21-20(17-19)25-24(22-7-4-14-27(21)22)12-15-26(16-13-24)23(28)11-8-18-5-2-3-6-18/h4,7,9-10,14,17-18,25H,2-3,5-6,8,11-13,15-16H2,1H3. The second-order valence-electron chi connectivity index (χ2n) is 8.92. The van der Waals surface area contributed by atoms with Gasteiger partial charge < -0.3 is 19.5 Å². The minimum absolute atomic E-state index is 0.120. The van der Waals surface area contributed by atoms with Gasteiger partial charge in [0.15, 0.2) is 0 Å². The number of ether oxygens (including phenoxy) is 1. The van der Waals surface area contributed by atoms with Crippen LogP contribution in [0.2, 0.25) is 0 Å². The molecule has 2 aliphatic heterocycles. The van der Waals surface area contributed by atoms with Gasteiger partial charge in [-0.25, -0.2) is 0 Å². The lowest BCUT2D eigenvalue weighted by molar-refractivity contribution is -0.133. The van der Waals surface area contributed by atoms with Crippen molar-refractivity contribution in [2.45, 2.75) is 56.9 Å². The number of likely N-dealkylation sites (tertiary alicyclic amines) is 1. The van der Waals surface area contributed by atoms with Crippen LogP contribution in [0.5, 0.6) is 5.75 Å². The average molecular weight is 394 g/mol. The highest BCUT2D eigenvalue weighted by Gasteiger charge is 2.42. The molecule has 1 saturated carbocycles. The molecule has 1 spiro atoms. The molecule has 154 valence electrons. The summed E-state index contributed by atoms with van der Waals surface area (Å²) in [5.41, 5.74) is 3.44. The monoisotopic (exact) mass is 393 g/mol. The van der Waals surface area contributed by atoms with Crippen molar-refractivity contribution in [1.82, 2.24) is 9.47 Å². The molecule has 1 N–H and O–H groups in total. The van der Waals surface area contributed by atoms with Gasteiger partial charge in [-0.15, -0.1) is 0 Å². The third-order valence-electron chi connectivity index (χ3n) is 7.29. The van der Waals surface area contributed by atoms with E-state index in [1.54, 1.807) is 7.11 Å². The summed E-state index contributed by atoms with van der Waals surface area (Å²) >= 11 is 0. The number of methoxy groups -OCH3 is 1. The molecule has 0 radical (unpaired) electrons. The van der Waals surface area contributed by atoms with E-state index in [2.05, 4.69) is 45.2 Å². The Morgan fingerprint density at radius 1 is 1.21 bits per heavy atom. The zero-order valence-electron chi connectivity index (χ0n) is 17.3. The fourth-order valence-electron chi connectivity index (χ4n) is 5.56. The lowest BCUT2D eigenvalue weighted by Crippen LogP contribution is -2.51. The summed E-state index contributed by atoms with van der Waals surface area (Å²) < 4.78 is 7.74. The number of nitrogens with zero attached hydrogens (tertiary/aromatic N) is 2. The molecule has 0 unspecified atom stereocenters. The first-order valence-corrected chi connectivity index (χ1v) is 11.1. The highest BCUT2D eigenvalue weighted by molar-refractivity contribution is 5.76. The van der Waals surface area contributed by atoms with E-state index < -0.39 is 0 Å². The van der Waals surface area contributed by atoms with Gasteiger partial charge in [0, 0.05) is 37.5 Å². The number of amides is 1. The van der Waals surface area contributed by atoms with Crippen LogP contribution in [0.4, 0.5) is 5.69 Å². The topological polar surface area (TPSA) is 46.5 Å². The van der Waals surface area contributed by atoms with Crippen LogP contribution in [0.1, 0.15) is 57.1 Å². The molecule has 29 heavy (non-hydrogen) atoms. The molecule has 2 fully saturated rings. The molecule has 0 atom stereocenters. The molecule has 5 nitrogen and oxygen atoms in total. The summed E-state index contributed by atoms with van der Waals surface area (Å²) in [5.74, 6) is 1.99. The van der Waals surface area contributed by atoms with Crippen molar-refractivity contribution < 1.29 is 9.53 Å². The molecule has 1 amide bonds. The SMILES string of the molecule is COc1ccc2c(c1)NC1(CCN(C(=O)CCC3CCCC3)CC1)c1cccn1-2. The second-order valence-corrected chi connectivity index (χ2v) is 8.92. The fraction of sp³-hybridized carbons (Fsp3) is 0.542. The number of carbonyl (C=O) groups excluding carboxylic acids is 1. The number of fused-ring (bicyclic) bond motifs is 4. The van der Waals surface area contributed by atoms with E-state index in [-0.39, 0.29) is 5.54 Å². The van der Waals surface area contributed by atoms with Gasteiger partial charge in [-0.3, -0.25) is 4.79 Å². The summed E-state index contributed by atoms with van der Waals surface area (Å²) in [6, 6.07) is 10.5. The number of rotatable bonds is 4. The predicted molar refractivity (Wildman–Crippen MR) is 115 cm³/mol. The van der Waals surface area contributed by atoms with Crippen LogP contribution in [-0.4, -0.2) is 35.6 Å². The van der Waals surface area contributed by atoms with E-state index >= 15 is 0 Å². The van der Waals surface area contributed by atoms with Crippen LogP contribution >= 0.6 is 0 Å². The van der Waals surface area contributed by atoms with Crippen molar-refractivity contribution in [2.24, 2.45) is 5.92 Å². The number of hydrogen-bond acceptors (Lipinski definition) is 3. The fourth-order valence-corrected chi connectivity index (χ4v) is 5.56. The molecular weight excluding hydrogens is 362 g/mol. The first kappa shape index (κ1) is 18.6. The number of benzene rings is 1. The Morgan fingerprint density at radius 3 is 2.76 bits per heavy atom.